The zero-order chi connectivity index (χ0) is 16.4. The van der Waals surface area contributed by atoms with Gasteiger partial charge < -0.3 is 4.74 Å². The fraction of sp³-hybridized carbons (Fsp3) is 0. The number of hydrogen-bond acceptors (Lipinski definition) is 5. The number of nitrogens with one attached hydrogen (secondary N) is 3. The van der Waals surface area contributed by atoms with E-state index in [1.165, 1.54) is 30.3 Å². The summed E-state index contributed by atoms with van der Waals surface area (Å²) >= 11 is 1.16. The third-order valence-electron chi connectivity index (χ3n) is 2.90. The molecule has 116 valence electrons. The lowest BCUT2D eigenvalue weighted by molar-refractivity contribution is 0.534. The molecule has 0 aliphatic heterocycles. The standard InChI is InChI=1S/C15H10F2N4OS/c16-9-6-4-8(5-7-9)13(18)22-14(19)21-15-20-12-10(17)2-1-3-11(12)23-15/h1-7,18H,(H2,19,20,21). The van der Waals surface area contributed by atoms with Gasteiger partial charge in [-0.3, -0.25) is 16.1 Å². The number of nitrogens with zero attached hydrogens (tertiary/aromatic N) is 1. The lowest BCUT2D eigenvalue weighted by atomic mass is 10.2. The Hall–Kier alpha value is -2.87. The lowest BCUT2D eigenvalue weighted by Gasteiger charge is -2.07. The molecule has 3 N–H and O–H groups in total. The average molecular weight is 332 g/mol. The molecule has 0 unspecified atom stereocenters. The maximum absolute atomic E-state index is 13.6. The zero-order valence-corrected chi connectivity index (χ0v) is 12.4. The molecule has 0 aliphatic rings. The van der Waals surface area contributed by atoms with Crippen LogP contribution in [0.25, 0.3) is 10.2 Å². The van der Waals surface area contributed by atoms with Crippen LogP contribution in [0.1, 0.15) is 5.56 Å². The fourth-order valence-corrected chi connectivity index (χ4v) is 2.73. The van der Waals surface area contributed by atoms with Gasteiger partial charge in [0.25, 0.3) is 6.02 Å². The number of hydrogen-bond donors (Lipinski definition) is 3. The first-order chi connectivity index (χ1) is 11.0. The number of thiazole rings is 1. The van der Waals surface area contributed by atoms with E-state index in [9.17, 15) is 8.78 Å². The SMILES string of the molecule is N=C(Nc1nc2c(F)cccc2s1)OC(=N)c1ccc(F)cc1. The lowest BCUT2D eigenvalue weighted by Crippen LogP contribution is -2.19. The Bertz CT molecular complexity index is 892. The molecule has 0 saturated carbocycles. The molecule has 5 nitrogen and oxygen atoms in total. The van der Waals surface area contributed by atoms with Gasteiger partial charge in [0.15, 0.2) is 5.13 Å². The van der Waals surface area contributed by atoms with E-state index in [4.69, 9.17) is 15.6 Å². The molecule has 3 rings (SSSR count). The predicted octanol–water partition coefficient (Wildman–Crippen LogP) is 3.96. The summed E-state index contributed by atoms with van der Waals surface area (Å²) in [6, 6.07) is 9.30. The number of para-hydroxylation sites is 1. The maximum atomic E-state index is 13.6. The molecule has 0 aliphatic carbocycles. The van der Waals surface area contributed by atoms with E-state index in [0.29, 0.717) is 10.3 Å². The minimum absolute atomic E-state index is 0.210. The Balaban J connectivity index is 1.69. The summed E-state index contributed by atoms with van der Waals surface area (Å²) in [5.74, 6) is -1.18. The van der Waals surface area contributed by atoms with Gasteiger partial charge in [-0.2, -0.15) is 0 Å². The van der Waals surface area contributed by atoms with Crippen molar-refractivity contribution in [3.63, 3.8) is 0 Å². The largest absolute Gasteiger partial charge is 0.407 e. The van der Waals surface area contributed by atoms with Crippen molar-refractivity contribution in [2.24, 2.45) is 0 Å². The van der Waals surface area contributed by atoms with Gasteiger partial charge in [0.1, 0.15) is 17.2 Å². The molecule has 0 fully saturated rings. The molecule has 23 heavy (non-hydrogen) atoms. The van der Waals surface area contributed by atoms with Crippen LogP contribution in [0.4, 0.5) is 13.9 Å². The molecule has 0 spiro atoms. The van der Waals surface area contributed by atoms with Crippen LogP contribution < -0.4 is 5.32 Å². The van der Waals surface area contributed by atoms with E-state index in [0.717, 1.165) is 11.3 Å². The Morgan fingerprint density at radius 2 is 1.83 bits per heavy atom. The third kappa shape index (κ3) is 3.32. The van der Waals surface area contributed by atoms with Crippen molar-refractivity contribution in [3.05, 3.63) is 59.7 Å². The summed E-state index contributed by atoms with van der Waals surface area (Å²) in [6.45, 7) is 0. The summed E-state index contributed by atoms with van der Waals surface area (Å²) in [5, 5.41) is 18.3. The molecular formula is C15H10F2N4OS. The zero-order valence-electron chi connectivity index (χ0n) is 11.6. The monoisotopic (exact) mass is 332 g/mol. The van der Waals surface area contributed by atoms with Gasteiger partial charge in [0.05, 0.1) is 4.70 Å². The highest BCUT2D eigenvalue weighted by molar-refractivity contribution is 7.22. The van der Waals surface area contributed by atoms with Crippen LogP contribution in [0.5, 0.6) is 0 Å². The van der Waals surface area contributed by atoms with Crippen LogP contribution in [0.15, 0.2) is 42.5 Å². The van der Waals surface area contributed by atoms with Crippen molar-refractivity contribution in [3.8, 4) is 0 Å². The molecule has 0 saturated heterocycles. The number of benzene rings is 2. The van der Waals surface area contributed by atoms with Crippen molar-refractivity contribution in [2.75, 3.05) is 5.32 Å². The number of halogens is 2. The Morgan fingerprint density at radius 3 is 2.52 bits per heavy atom. The molecular weight excluding hydrogens is 322 g/mol. The summed E-state index contributed by atoms with van der Waals surface area (Å²) in [4.78, 5) is 4.04. The summed E-state index contributed by atoms with van der Waals surface area (Å²) in [7, 11) is 0. The predicted molar refractivity (Wildman–Crippen MR) is 85.2 cm³/mol. The number of ether oxygens (including phenoxy) is 1. The number of rotatable bonds is 2. The first-order valence-electron chi connectivity index (χ1n) is 6.46. The van der Waals surface area contributed by atoms with E-state index in [1.54, 1.807) is 12.1 Å². The van der Waals surface area contributed by atoms with Gasteiger partial charge in [-0.1, -0.05) is 17.4 Å². The highest BCUT2D eigenvalue weighted by Gasteiger charge is 2.11. The molecule has 0 amide bonds. The molecule has 0 bridgehead atoms. The van der Waals surface area contributed by atoms with Crippen LogP contribution in [0, 0.1) is 22.5 Å². The summed E-state index contributed by atoms with van der Waals surface area (Å²) < 4.78 is 32.0. The number of amidine groups is 1. The van der Waals surface area contributed by atoms with Crippen LogP contribution in [0.3, 0.4) is 0 Å². The highest BCUT2D eigenvalue weighted by atomic mass is 32.1. The van der Waals surface area contributed by atoms with Crippen LogP contribution in [-0.4, -0.2) is 16.9 Å². The molecule has 8 heteroatoms. The first-order valence-corrected chi connectivity index (χ1v) is 7.27. The van der Waals surface area contributed by atoms with Gasteiger partial charge in [0.2, 0.25) is 5.90 Å². The normalized spacial score (nSPS) is 10.5. The van der Waals surface area contributed by atoms with E-state index in [-0.39, 0.29) is 16.5 Å². The van der Waals surface area contributed by atoms with Crippen molar-refractivity contribution in [1.82, 2.24) is 4.98 Å². The second-order valence-electron chi connectivity index (χ2n) is 4.50. The molecule has 0 radical (unpaired) electrons. The second-order valence-corrected chi connectivity index (χ2v) is 5.53. The maximum Gasteiger partial charge on any atom is 0.295 e. The highest BCUT2D eigenvalue weighted by Crippen LogP contribution is 2.27. The van der Waals surface area contributed by atoms with E-state index in [1.807, 2.05) is 0 Å². The smallest absolute Gasteiger partial charge is 0.295 e. The molecule has 2 aromatic carbocycles. The molecule has 1 heterocycles. The van der Waals surface area contributed by atoms with E-state index >= 15 is 0 Å². The number of aromatic nitrogens is 1. The Kier molecular flexibility index (Phi) is 3.98. The minimum Gasteiger partial charge on any atom is -0.407 e. The second kappa shape index (κ2) is 6.09. The van der Waals surface area contributed by atoms with Crippen LogP contribution in [0.2, 0.25) is 0 Å². The van der Waals surface area contributed by atoms with Gasteiger partial charge in [-0.15, -0.1) is 0 Å². The summed E-state index contributed by atoms with van der Waals surface area (Å²) in [6.07, 6.45) is 0. The van der Waals surface area contributed by atoms with Crippen molar-refractivity contribution < 1.29 is 13.5 Å². The van der Waals surface area contributed by atoms with Gasteiger partial charge in [-0.05, 0) is 36.4 Å². The Labute approximate surface area is 133 Å². The minimum atomic E-state index is -0.446. The quantitative estimate of drug-likeness (QED) is 0.491. The van der Waals surface area contributed by atoms with Crippen molar-refractivity contribution >= 4 is 38.6 Å². The molecule has 0 atom stereocenters. The molecule has 1 aromatic heterocycles. The first kappa shape index (κ1) is 15.0. The number of anilines is 1. The molecule has 3 aromatic rings. The Morgan fingerprint density at radius 1 is 1.09 bits per heavy atom. The van der Waals surface area contributed by atoms with Gasteiger partial charge in [-0.25, -0.2) is 13.8 Å². The van der Waals surface area contributed by atoms with Gasteiger partial charge in [0, 0.05) is 5.56 Å². The van der Waals surface area contributed by atoms with Crippen molar-refractivity contribution in [2.45, 2.75) is 0 Å². The third-order valence-corrected chi connectivity index (χ3v) is 3.84. The van der Waals surface area contributed by atoms with Crippen LogP contribution >= 0.6 is 11.3 Å². The topological polar surface area (TPSA) is 81.8 Å². The summed E-state index contributed by atoms with van der Waals surface area (Å²) in [5.41, 5.74) is 0.537. The average Bonchev–Trinajstić information content (AvgIpc) is 2.91. The van der Waals surface area contributed by atoms with E-state index < -0.39 is 17.7 Å². The number of fused-ring (bicyclic) bond motifs is 1. The van der Waals surface area contributed by atoms with Crippen LogP contribution in [-0.2, 0) is 4.74 Å². The van der Waals surface area contributed by atoms with E-state index in [2.05, 4.69) is 10.3 Å². The fourth-order valence-electron chi connectivity index (χ4n) is 1.85. The van der Waals surface area contributed by atoms with Gasteiger partial charge >= 0.3 is 0 Å². The van der Waals surface area contributed by atoms with Crippen molar-refractivity contribution in [1.29, 1.82) is 10.8 Å².